The van der Waals surface area contributed by atoms with Crippen molar-refractivity contribution in [2.24, 2.45) is 5.41 Å². The first-order valence-electron chi connectivity index (χ1n) is 12.5. The summed E-state index contributed by atoms with van der Waals surface area (Å²) in [7, 11) is 1.66. The second-order valence-corrected chi connectivity index (χ2v) is 11.0. The van der Waals surface area contributed by atoms with E-state index in [2.05, 4.69) is 0 Å². The Kier molecular flexibility index (Phi) is 10.3. The minimum atomic E-state index is -0.277. The van der Waals surface area contributed by atoms with Gasteiger partial charge < -0.3 is 9.84 Å². The molecular weight excluding hydrogens is 444 g/mol. The van der Waals surface area contributed by atoms with E-state index < -0.39 is 0 Å². The van der Waals surface area contributed by atoms with Crippen LogP contribution in [-0.2, 0) is 23.9 Å². The molecule has 0 unspecified atom stereocenters. The zero-order chi connectivity index (χ0) is 26.2. The molecule has 0 aromatic heterocycles. The van der Waals surface area contributed by atoms with E-state index in [9.17, 15) is 24.3 Å². The first kappa shape index (κ1) is 28.8. The number of allylic oxidation sites excluding steroid dienone is 8. The van der Waals surface area contributed by atoms with Gasteiger partial charge in [-0.2, -0.15) is 0 Å². The average molecular weight is 485 g/mol. The molecule has 0 fully saturated rings. The minimum Gasteiger partial charge on any atom is -0.396 e. The van der Waals surface area contributed by atoms with E-state index >= 15 is 0 Å². The van der Waals surface area contributed by atoms with Crippen molar-refractivity contribution < 1.29 is 29.0 Å². The van der Waals surface area contributed by atoms with Crippen molar-refractivity contribution in [3.05, 3.63) is 46.6 Å². The highest BCUT2D eigenvalue weighted by Gasteiger charge is 2.25. The number of carbonyl (C=O) groups is 4. The van der Waals surface area contributed by atoms with Gasteiger partial charge in [-0.3, -0.25) is 19.2 Å². The fourth-order valence-corrected chi connectivity index (χ4v) is 4.30. The standard InChI is InChI=1S/C29H40O6/c1-28(2,19-30)13-7-11-22-17-24(31)15-20(26(22)33)9-6-10-21-16-25(32)18-23(27(21)34)12-8-14-29(3,4)35-5/h15-18,30H,6-14,19H2,1-5H3. The molecule has 35 heavy (non-hydrogen) atoms. The molecule has 6 nitrogen and oxygen atoms in total. The van der Waals surface area contributed by atoms with Crippen LogP contribution >= 0.6 is 0 Å². The van der Waals surface area contributed by atoms with Gasteiger partial charge in [-0.1, -0.05) is 13.8 Å². The molecule has 0 amide bonds. The Bertz CT molecular complexity index is 893. The normalized spacial score (nSPS) is 17.3. The van der Waals surface area contributed by atoms with Gasteiger partial charge in [-0.05, 0) is 101 Å². The number of methoxy groups -OCH3 is 1. The zero-order valence-electron chi connectivity index (χ0n) is 21.9. The van der Waals surface area contributed by atoms with Crippen LogP contribution in [0.1, 0.15) is 85.5 Å². The van der Waals surface area contributed by atoms with Crippen LogP contribution in [0, 0.1) is 5.41 Å². The van der Waals surface area contributed by atoms with Gasteiger partial charge in [0.05, 0.1) is 5.60 Å². The molecular formula is C29H40O6. The lowest BCUT2D eigenvalue weighted by atomic mass is 9.84. The second-order valence-electron chi connectivity index (χ2n) is 11.0. The SMILES string of the molecule is COC(C)(C)CCCC1=CC(=O)C=C(CCCC2=CC(=O)C=C(CCCC(C)(C)CO)C2=O)C1=O. The maximum Gasteiger partial charge on any atom is 0.185 e. The number of hydrogen-bond acceptors (Lipinski definition) is 6. The molecule has 0 heterocycles. The highest BCUT2D eigenvalue weighted by molar-refractivity contribution is 6.21. The summed E-state index contributed by atoms with van der Waals surface area (Å²) in [6, 6.07) is 0. The molecule has 2 rings (SSSR count). The quantitative estimate of drug-likeness (QED) is 0.350. The number of aliphatic hydroxyl groups is 1. The van der Waals surface area contributed by atoms with Crippen LogP contribution < -0.4 is 0 Å². The number of carbonyl (C=O) groups excluding carboxylic acids is 4. The molecule has 1 N–H and O–H groups in total. The predicted molar refractivity (Wildman–Crippen MR) is 136 cm³/mol. The lowest BCUT2D eigenvalue weighted by Crippen LogP contribution is -2.22. The number of aliphatic hydroxyl groups excluding tert-OH is 1. The van der Waals surface area contributed by atoms with Gasteiger partial charge in [0.2, 0.25) is 0 Å². The van der Waals surface area contributed by atoms with Gasteiger partial charge in [0.25, 0.3) is 0 Å². The number of hydrogen-bond donors (Lipinski definition) is 1. The van der Waals surface area contributed by atoms with Crippen molar-refractivity contribution in [1.29, 1.82) is 0 Å². The molecule has 0 aromatic carbocycles. The molecule has 2 aliphatic carbocycles. The van der Waals surface area contributed by atoms with Gasteiger partial charge in [0.15, 0.2) is 23.1 Å². The summed E-state index contributed by atoms with van der Waals surface area (Å²) in [6.07, 6.45) is 10.9. The smallest absolute Gasteiger partial charge is 0.185 e. The van der Waals surface area contributed by atoms with E-state index in [4.69, 9.17) is 4.74 Å². The van der Waals surface area contributed by atoms with Crippen molar-refractivity contribution in [3.8, 4) is 0 Å². The lowest BCUT2D eigenvalue weighted by Gasteiger charge is -2.23. The van der Waals surface area contributed by atoms with Crippen molar-refractivity contribution in [3.63, 3.8) is 0 Å². The van der Waals surface area contributed by atoms with Crippen LogP contribution in [-0.4, -0.2) is 47.6 Å². The molecule has 0 spiro atoms. The van der Waals surface area contributed by atoms with Gasteiger partial charge in [0, 0.05) is 36.0 Å². The summed E-state index contributed by atoms with van der Waals surface area (Å²) in [5.74, 6) is -0.595. The highest BCUT2D eigenvalue weighted by Crippen LogP contribution is 2.28. The zero-order valence-corrected chi connectivity index (χ0v) is 21.9. The molecule has 0 radical (unpaired) electrons. The summed E-state index contributed by atoms with van der Waals surface area (Å²) in [4.78, 5) is 50.1. The first-order valence-corrected chi connectivity index (χ1v) is 12.5. The van der Waals surface area contributed by atoms with Crippen molar-refractivity contribution >= 4 is 23.1 Å². The summed E-state index contributed by atoms with van der Waals surface area (Å²) >= 11 is 0. The van der Waals surface area contributed by atoms with E-state index in [-0.39, 0.29) is 40.8 Å². The molecule has 0 saturated carbocycles. The largest absolute Gasteiger partial charge is 0.396 e. The van der Waals surface area contributed by atoms with Gasteiger partial charge in [-0.25, -0.2) is 0 Å². The van der Waals surface area contributed by atoms with Crippen molar-refractivity contribution in [2.45, 2.75) is 91.1 Å². The number of ether oxygens (including phenoxy) is 1. The Labute approximate surface area is 209 Å². The van der Waals surface area contributed by atoms with Crippen LogP contribution in [0.5, 0.6) is 0 Å². The van der Waals surface area contributed by atoms with Gasteiger partial charge >= 0.3 is 0 Å². The first-order chi connectivity index (χ1) is 16.4. The molecule has 6 heteroatoms. The fourth-order valence-electron chi connectivity index (χ4n) is 4.30. The number of Topliss-reactive ketones (excluding diaryl/α,β-unsaturated/α-hetero) is 2. The highest BCUT2D eigenvalue weighted by atomic mass is 16.5. The van der Waals surface area contributed by atoms with E-state index in [1.54, 1.807) is 7.11 Å². The molecule has 192 valence electrons. The van der Waals surface area contributed by atoms with Crippen molar-refractivity contribution in [1.82, 2.24) is 0 Å². The van der Waals surface area contributed by atoms with E-state index in [0.717, 1.165) is 19.3 Å². The Hall–Kier alpha value is -2.44. The molecule has 0 bridgehead atoms. The lowest BCUT2D eigenvalue weighted by molar-refractivity contribution is -0.115. The van der Waals surface area contributed by atoms with Crippen LogP contribution in [0.25, 0.3) is 0 Å². The van der Waals surface area contributed by atoms with Crippen LogP contribution in [0.15, 0.2) is 46.6 Å². The summed E-state index contributed by atoms with van der Waals surface area (Å²) in [5.41, 5.74) is 1.47. The Morgan fingerprint density at radius 3 is 1.40 bits per heavy atom. The topological polar surface area (TPSA) is 97.7 Å². The predicted octanol–water partition coefficient (Wildman–Crippen LogP) is 4.95. The van der Waals surface area contributed by atoms with Crippen LogP contribution in [0.2, 0.25) is 0 Å². The van der Waals surface area contributed by atoms with Gasteiger partial charge in [0.1, 0.15) is 0 Å². The van der Waals surface area contributed by atoms with E-state index in [0.29, 0.717) is 60.8 Å². The summed E-state index contributed by atoms with van der Waals surface area (Å²) < 4.78 is 5.42. The minimum absolute atomic E-state index is 0.0726. The second kappa shape index (κ2) is 12.5. The van der Waals surface area contributed by atoms with Crippen LogP contribution in [0.3, 0.4) is 0 Å². The molecule has 0 aliphatic heterocycles. The number of rotatable bonds is 14. The Balaban J connectivity index is 1.89. The Morgan fingerprint density at radius 1 is 0.657 bits per heavy atom. The summed E-state index contributed by atoms with van der Waals surface area (Å²) in [6.45, 7) is 7.98. The molecule has 0 aromatic rings. The van der Waals surface area contributed by atoms with E-state index in [1.807, 2.05) is 27.7 Å². The maximum absolute atomic E-state index is 12.9. The third-order valence-electron chi connectivity index (χ3n) is 6.83. The number of ketones is 4. The molecule has 2 aliphatic rings. The van der Waals surface area contributed by atoms with Gasteiger partial charge in [-0.15, -0.1) is 0 Å². The monoisotopic (exact) mass is 484 g/mol. The third-order valence-corrected chi connectivity index (χ3v) is 6.83. The average Bonchev–Trinajstić information content (AvgIpc) is 2.79. The Morgan fingerprint density at radius 2 is 1.03 bits per heavy atom. The summed E-state index contributed by atoms with van der Waals surface area (Å²) in [5, 5.41) is 9.41. The maximum atomic E-state index is 12.9. The fraction of sp³-hybridized carbons (Fsp3) is 0.586. The van der Waals surface area contributed by atoms with Crippen molar-refractivity contribution in [2.75, 3.05) is 13.7 Å². The van der Waals surface area contributed by atoms with E-state index in [1.165, 1.54) is 24.3 Å². The van der Waals surface area contributed by atoms with Crippen LogP contribution in [0.4, 0.5) is 0 Å². The third kappa shape index (κ3) is 8.93. The molecule has 0 atom stereocenters. The molecule has 0 saturated heterocycles.